The average molecular weight is 577 g/mol. The first kappa shape index (κ1) is 29.5. The van der Waals surface area contributed by atoms with Gasteiger partial charge in [0.1, 0.15) is 12.6 Å². The number of carbonyl (C=O) groups excluding carboxylic acids is 2. The van der Waals surface area contributed by atoms with Gasteiger partial charge in [-0.1, -0.05) is 60.5 Å². The Labute approximate surface area is 234 Å². The van der Waals surface area contributed by atoms with Gasteiger partial charge in [-0.25, -0.2) is 8.42 Å². The predicted molar refractivity (Wildman–Crippen MR) is 152 cm³/mol. The molecule has 0 bridgehead atoms. The van der Waals surface area contributed by atoms with Crippen LogP contribution in [0.4, 0.5) is 5.69 Å². The average Bonchev–Trinajstić information content (AvgIpc) is 2.89. The van der Waals surface area contributed by atoms with Gasteiger partial charge in [-0.15, -0.1) is 0 Å². The summed E-state index contributed by atoms with van der Waals surface area (Å²) in [4.78, 5) is 28.3. The maximum Gasteiger partial charge on any atom is 0.264 e. The summed E-state index contributed by atoms with van der Waals surface area (Å²) in [6.07, 6.45) is 0.347. The van der Waals surface area contributed by atoms with Gasteiger partial charge in [0.15, 0.2) is 0 Å². The van der Waals surface area contributed by atoms with Crippen LogP contribution in [0.3, 0.4) is 0 Å². The molecule has 7 nitrogen and oxygen atoms in total. The third kappa shape index (κ3) is 7.07. The van der Waals surface area contributed by atoms with Gasteiger partial charge in [0.25, 0.3) is 10.0 Å². The quantitative estimate of drug-likeness (QED) is 0.330. The van der Waals surface area contributed by atoms with Crippen molar-refractivity contribution >= 4 is 50.7 Å². The van der Waals surface area contributed by atoms with Crippen molar-refractivity contribution in [2.24, 2.45) is 0 Å². The number of rotatable bonds is 11. The van der Waals surface area contributed by atoms with E-state index in [1.807, 2.05) is 6.92 Å². The first-order chi connectivity index (χ1) is 18.1. The van der Waals surface area contributed by atoms with E-state index in [0.29, 0.717) is 34.3 Å². The van der Waals surface area contributed by atoms with E-state index in [0.717, 1.165) is 9.87 Å². The van der Waals surface area contributed by atoms with Crippen LogP contribution >= 0.6 is 23.2 Å². The number of carbonyl (C=O) groups is 2. The number of hydrogen-bond donors (Lipinski definition) is 1. The fraction of sp³-hybridized carbons (Fsp3) is 0.286. The fourth-order valence-electron chi connectivity index (χ4n) is 4.09. The molecule has 0 aliphatic carbocycles. The van der Waals surface area contributed by atoms with Gasteiger partial charge in [-0.3, -0.25) is 13.9 Å². The Hall–Kier alpha value is -3.07. The highest BCUT2D eigenvalue weighted by Gasteiger charge is 2.34. The molecule has 2 amide bonds. The van der Waals surface area contributed by atoms with Crippen molar-refractivity contribution in [3.8, 4) is 0 Å². The maximum absolute atomic E-state index is 13.9. The lowest BCUT2D eigenvalue weighted by Crippen LogP contribution is -2.52. The van der Waals surface area contributed by atoms with Crippen molar-refractivity contribution in [1.82, 2.24) is 10.2 Å². The fourth-order valence-corrected chi connectivity index (χ4v) is 5.82. The Morgan fingerprint density at radius 1 is 0.895 bits per heavy atom. The van der Waals surface area contributed by atoms with Crippen molar-refractivity contribution in [3.63, 3.8) is 0 Å². The summed E-state index contributed by atoms with van der Waals surface area (Å²) in [7, 11) is -4.15. The zero-order chi connectivity index (χ0) is 27.9. The summed E-state index contributed by atoms with van der Waals surface area (Å²) in [5.74, 6) is -0.820. The van der Waals surface area contributed by atoms with E-state index < -0.39 is 28.5 Å². The number of amides is 2. The minimum Gasteiger partial charge on any atom is -0.355 e. The first-order valence-corrected chi connectivity index (χ1v) is 14.4. The van der Waals surface area contributed by atoms with Crippen molar-refractivity contribution in [1.29, 1.82) is 0 Å². The molecular formula is C28H31Cl2N3O4S. The molecule has 0 saturated carbocycles. The summed E-state index contributed by atoms with van der Waals surface area (Å²) in [5.41, 5.74) is 1.81. The summed E-state index contributed by atoms with van der Waals surface area (Å²) < 4.78 is 28.8. The molecule has 10 heteroatoms. The number of aryl methyl sites for hydroxylation is 1. The van der Waals surface area contributed by atoms with Gasteiger partial charge >= 0.3 is 0 Å². The molecule has 0 aliphatic rings. The molecule has 3 aromatic rings. The van der Waals surface area contributed by atoms with Crippen molar-refractivity contribution in [2.75, 3.05) is 17.4 Å². The Morgan fingerprint density at radius 2 is 1.47 bits per heavy atom. The standard InChI is InChI=1S/C28H31Cl2N3O4S/c1-4-25(28(35)31-5-2)32(18-21-10-12-22(29)13-11-21)27(34)19-33(26-9-7-6-8-20(26)3)38(36,37)24-16-14-23(30)15-17-24/h6-17,25H,4-5,18-19H2,1-3H3,(H,31,35)/t25-/m0/s1. The topological polar surface area (TPSA) is 86.8 Å². The highest BCUT2D eigenvalue weighted by atomic mass is 35.5. The third-order valence-corrected chi connectivity index (χ3v) is 8.35. The van der Waals surface area contributed by atoms with Gasteiger partial charge in [0.2, 0.25) is 11.8 Å². The zero-order valence-corrected chi connectivity index (χ0v) is 23.9. The number of sulfonamides is 1. The number of para-hydroxylation sites is 1. The summed E-state index contributed by atoms with van der Waals surface area (Å²) in [6.45, 7) is 5.39. The Balaban J connectivity index is 2.06. The van der Waals surface area contributed by atoms with Gasteiger partial charge in [0.05, 0.1) is 10.6 Å². The van der Waals surface area contributed by atoms with Crippen molar-refractivity contribution < 1.29 is 18.0 Å². The minimum absolute atomic E-state index is 0.00188. The molecule has 0 heterocycles. The molecule has 0 aliphatic heterocycles. The van der Waals surface area contributed by atoms with Crippen LogP contribution in [-0.2, 0) is 26.2 Å². The van der Waals surface area contributed by atoms with Crippen LogP contribution in [0.25, 0.3) is 0 Å². The predicted octanol–water partition coefficient (Wildman–Crippen LogP) is 5.44. The van der Waals surface area contributed by atoms with E-state index in [9.17, 15) is 18.0 Å². The Kier molecular flexibility index (Phi) is 10.2. The van der Waals surface area contributed by atoms with E-state index in [4.69, 9.17) is 23.2 Å². The molecule has 1 atom stereocenters. The maximum atomic E-state index is 13.9. The molecule has 202 valence electrons. The third-order valence-electron chi connectivity index (χ3n) is 6.07. The number of anilines is 1. The summed E-state index contributed by atoms with van der Waals surface area (Å²) in [6, 6.07) is 18.9. The number of likely N-dealkylation sites (N-methyl/N-ethyl adjacent to an activating group) is 1. The molecule has 0 fully saturated rings. The van der Waals surface area contributed by atoms with Crippen LogP contribution in [0.1, 0.15) is 31.4 Å². The van der Waals surface area contributed by atoms with E-state index in [2.05, 4.69) is 5.32 Å². The van der Waals surface area contributed by atoms with E-state index in [-0.39, 0.29) is 17.3 Å². The molecular weight excluding hydrogens is 545 g/mol. The van der Waals surface area contributed by atoms with E-state index in [1.165, 1.54) is 29.2 Å². The Bertz CT molecular complexity index is 1360. The van der Waals surface area contributed by atoms with E-state index >= 15 is 0 Å². The van der Waals surface area contributed by atoms with Gasteiger partial charge in [-0.2, -0.15) is 0 Å². The normalized spacial score (nSPS) is 12.0. The van der Waals surface area contributed by atoms with Crippen LogP contribution < -0.4 is 9.62 Å². The molecule has 3 aromatic carbocycles. The Morgan fingerprint density at radius 3 is 2.03 bits per heavy atom. The highest BCUT2D eigenvalue weighted by Crippen LogP contribution is 2.28. The van der Waals surface area contributed by atoms with Crippen molar-refractivity contribution in [3.05, 3.63) is 94.0 Å². The molecule has 0 aromatic heterocycles. The lowest BCUT2D eigenvalue weighted by Gasteiger charge is -2.33. The molecule has 1 N–H and O–H groups in total. The molecule has 0 saturated heterocycles. The van der Waals surface area contributed by atoms with Gasteiger partial charge < -0.3 is 10.2 Å². The number of nitrogens with one attached hydrogen (secondary N) is 1. The van der Waals surface area contributed by atoms with E-state index in [1.54, 1.807) is 62.4 Å². The molecule has 38 heavy (non-hydrogen) atoms. The number of nitrogens with zero attached hydrogens (tertiary/aromatic N) is 2. The van der Waals surface area contributed by atoms with Gasteiger partial charge in [0, 0.05) is 23.1 Å². The number of halogens is 2. The second-order valence-electron chi connectivity index (χ2n) is 8.72. The second kappa shape index (κ2) is 13.1. The lowest BCUT2D eigenvalue weighted by molar-refractivity contribution is -0.140. The largest absolute Gasteiger partial charge is 0.355 e. The summed E-state index contributed by atoms with van der Waals surface area (Å²) in [5, 5.41) is 3.72. The molecule has 0 spiro atoms. The first-order valence-electron chi connectivity index (χ1n) is 12.2. The van der Waals surface area contributed by atoms with Crippen LogP contribution in [-0.4, -0.2) is 44.3 Å². The monoisotopic (exact) mass is 575 g/mol. The number of hydrogen-bond acceptors (Lipinski definition) is 4. The van der Waals surface area contributed by atoms with Crippen LogP contribution in [0, 0.1) is 6.92 Å². The molecule has 0 radical (unpaired) electrons. The van der Waals surface area contributed by atoms with Crippen LogP contribution in [0.5, 0.6) is 0 Å². The van der Waals surface area contributed by atoms with Crippen LogP contribution in [0.15, 0.2) is 77.7 Å². The van der Waals surface area contributed by atoms with Gasteiger partial charge in [-0.05, 0) is 73.9 Å². The highest BCUT2D eigenvalue weighted by molar-refractivity contribution is 7.92. The minimum atomic E-state index is -4.15. The SMILES string of the molecule is CCNC(=O)[C@H](CC)N(Cc1ccc(Cl)cc1)C(=O)CN(c1ccccc1C)S(=O)(=O)c1ccc(Cl)cc1. The zero-order valence-electron chi connectivity index (χ0n) is 21.5. The smallest absolute Gasteiger partial charge is 0.264 e. The molecule has 3 rings (SSSR count). The lowest BCUT2D eigenvalue weighted by atomic mass is 10.1. The van der Waals surface area contributed by atoms with Crippen LogP contribution in [0.2, 0.25) is 10.0 Å². The summed E-state index contributed by atoms with van der Waals surface area (Å²) >= 11 is 12.0. The molecule has 0 unspecified atom stereocenters. The number of benzene rings is 3. The van der Waals surface area contributed by atoms with Crippen molar-refractivity contribution in [2.45, 2.75) is 44.7 Å². The second-order valence-corrected chi connectivity index (χ2v) is 11.5.